The zero-order valence-electron chi connectivity index (χ0n) is 17.9. The van der Waals surface area contributed by atoms with Gasteiger partial charge >= 0.3 is 0 Å². The third kappa shape index (κ3) is 4.87. The van der Waals surface area contributed by atoms with Crippen LogP contribution in [0.3, 0.4) is 0 Å². The van der Waals surface area contributed by atoms with E-state index in [1.807, 2.05) is 0 Å². The summed E-state index contributed by atoms with van der Waals surface area (Å²) in [5.41, 5.74) is 6.15. The third-order valence-corrected chi connectivity index (χ3v) is 7.46. The minimum atomic E-state index is -3.64. The number of rotatable bonds is 6. The number of methoxy groups -OCH3 is 1. The minimum Gasteiger partial charge on any atom is -0.383 e. The van der Waals surface area contributed by atoms with Crippen LogP contribution in [-0.2, 0) is 14.8 Å². The first-order chi connectivity index (χ1) is 15.8. The summed E-state index contributed by atoms with van der Waals surface area (Å²) in [7, 11) is -2.23. The Morgan fingerprint density at radius 2 is 1.97 bits per heavy atom. The maximum Gasteiger partial charge on any atom is 0.260 e. The van der Waals surface area contributed by atoms with Crippen LogP contribution in [0.2, 0.25) is 0 Å². The van der Waals surface area contributed by atoms with Crippen molar-refractivity contribution in [3.63, 3.8) is 0 Å². The fourth-order valence-electron chi connectivity index (χ4n) is 3.82. The number of nitrogen functional groups attached to an aromatic ring is 1. The van der Waals surface area contributed by atoms with Crippen molar-refractivity contribution in [1.29, 1.82) is 0 Å². The highest BCUT2D eigenvalue weighted by Gasteiger charge is 2.31. The van der Waals surface area contributed by atoms with Gasteiger partial charge in [0.15, 0.2) is 10.9 Å². The lowest BCUT2D eigenvalue weighted by Gasteiger charge is -2.31. The number of nitrogens with zero attached hydrogens (tertiary/aromatic N) is 4. The zero-order chi connectivity index (χ0) is 23.6. The summed E-state index contributed by atoms with van der Waals surface area (Å²) in [5, 5.41) is 3.16. The number of nitrogens with one attached hydrogen (secondary N) is 1. The van der Waals surface area contributed by atoms with E-state index in [9.17, 15) is 17.2 Å². The number of nitrogens with two attached hydrogens (primary N) is 1. The summed E-state index contributed by atoms with van der Waals surface area (Å²) in [6.45, 7) is 0.620. The quantitative estimate of drug-likeness (QED) is 0.650. The van der Waals surface area contributed by atoms with E-state index >= 15 is 0 Å². The second-order valence-electron chi connectivity index (χ2n) is 7.76. The number of allylic oxidation sites excluding steroid dienone is 2. The number of ether oxygens (including phenoxy) is 1. The van der Waals surface area contributed by atoms with Crippen LogP contribution in [0.1, 0.15) is 24.8 Å². The lowest BCUT2D eigenvalue weighted by Crippen LogP contribution is -2.42. The van der Waals surface area contributed by atoms with E-state index in [2.05, 4.69) is 20.3 Å². The van der Waals surface area contributed by atoms with Crippen molar-refractivity contribution in [2.75, 3.05) is 31.2 Å². The van der Waals surface area contributed by atoms with Crippen LogP contribution in [0.15, 0.2) is 53.3 Å². The third-order valence-electron chi connectivity index (χ3n) is 5.65. The molecule has 0 bridgehead atoms. The van der Waals surface area contributed by atoms with E-state index in [1.165, 1.54) is 36.0 Å². The van der Waals surface area contributed by atoms with Gasteiger partial charge in [0.2, 0.25) is 5.95 Å². The topological polar surface area (TPSA) is 123 Å². The van der Waals surface area contributed by atoms with Crippen molar-refractivity contribution in [2.24, 2.45) is 0 Å². The molecule has 0 saturated carbocycles. The Labute approximate surface area is 190 Å². The highest BCUT2D eigenvalue weighted by atomic mass is 32.2. The number of hydrogen-bond acceptors (Lipinski definition) is 8. The first-order valence-electron chi connectivity index (χ1n) is 10.4. The Hall–Kier alpha value is -2.96. The molecule has 176 valence electrons. The van der Waals surface area contributed by atoms with Crippen molar-refractivity contribution in [3.8, 4) is 0 Å². The average molecular weight is 479 g/mol. The number of anilines is 2. The Balaban J connectivity index is 1.42. The Kier molecular flexibility index (Phi) is 6.68. The van der Waals surface area contributed by atoms with Crippen molar-refractivity contribution in [3.05, 3.63) is 53.9 Å². The molecule has 12 heteroatoms. The smallest absolute Gasteiger partial charge is 0.260 e. The van der Waals surface area contributed by atoms with Gasteiger partial charge in [0.1, 0.15) is 11.6 Å². The number of pyridine rings is 1. The van der Waals surface area contributed by atoms with Gasteiger partial charge in [0, 0.05) is 56.2 Å². The average Bonchev–Trinajstić information content (AvgIpc) is 2.82. The van der Waals surface area contributed by atoms with E-state index in [0.717, 1.165) is 0 Å². The standard InChI is InChI=1S/C21H24F2N6O3S/c1-32-14-10-15(19(23)17(22)11-14)16-12-26-21(28-20(16)24)27-13-5-8-29(9-6-13)33(30,31)18-4-2-3-7-25-18/h2-4,7,10,12-14H,5-6,8-9,11H2,1H3,(H3,24,26,27,28). The summed E-state index contributed by atoms with van der Waals surface area (Å²) in [6, 6.07) is 4.69. The predicted octanol–water partition coefficient (Wildman–Crippen LogP) is 2.67. The van der Waals surface area contributed by atoms with E-state index in [4.69, 9.17) is 10.5 Å². The molecule has 1 fully saturated rings. The summed E-state index contributed by atoms with van der Waals surface area (Å²) in [4.78, 5) is 12.3. The van der Waals surface area contributed by atoms with Crippen LogP contribution in [0.4, 0.5) is 20.5 Å². The highest BCUT2D eigenvalue weighted by Crippen LogP contribution is 2.36. The maximum atomic E-state index is 14.3. The van der Waals surface area contributed by atoms with Crippen LogP contribution < -0.4 is 11.1 Å². The fraction of sp³-hybridized carbons (Fsp3) is 0.381. The molecule has 1 saturated heterocycles. The number of hydrogen-bond donors (Lipinski definition) is 2. The molecule has 2 aliphatic rings. The van der Waals surface area contributed by atoms with Crippen LogP contribution >= 0.6 is 0 Å². The van der Waals surface area contributed by atoms with Crippen molar-refractivity contribution >= 4 is 27.4 Å². The first kappa shape index (κ1) is 23.2. The predicted molar refractivity (Wildman–Crippen MR) is 119 cm³/mol. The van der Waals surface area contributed by atoms with Crippen molar-refractivity contribution in [2.45, 2.75) is 36.4 Å². The molecule has 4 rings (SSSR count). The van der Waals surface area contributed by atoms with Gasteiger partial charge in [-0.15, -0.1) is 0 Å². The fourth-order valence-corrected chi connectivity index (χ4v) is 5.22. The van der Waals surface area contributed by atoms with Gasteiger partial charge in [-0.2, -0.15) is 9.29 Å². The molecule has 1 aliphatic carbocycles. The summed E-state index contributed by atoms with van der Waals surface area (Å²) >= 11 is 0. The second kappa shape index (κ2) is 9.49. The molecule has 33 heavy (non-hydrogen) atoms. The van der Waals surface area contributed by atoms with Gasteiger partial charge in [-0.05, 0) is 31.1 Å². The lowest BCUT2D eigenvalue weighted by molar-refractivity contribution is 0.133. The van der Waals surface area contributed by atoms with Gasteiger partial charge < -0.3 is 15.8 Å². The van der Waals surface area contributed by atoms with Crippen LogP contribution in [0.25, 0.3) is 5.57 Å². The van der Waals surface area contributed by atoms with Gasteiger partial charge in [-0.3, -0.25) is 0 Å². The Morgan fingerprint density at radius 1 is 1.21 bits per heavy atom. The van der Waals surface area contributed by atoms with E-state index in [-0.39, 0.29) is 40.4 Å². The van der Waals surface area contributed by atoms with Crippen LogP contribution in [-0.4, -0.2) is 60.0 Å². The molecule has 1 atom stereocenters. The molecule has 1 aliphatic heterocycles. The normalized spacial score (nSPS) is 20.6. The molecule has 0 amide bonds. The molecule has 9 nitrogen and oxygen atoms in total. The zero-order valence-corrected chi connectivity index (χ0v) is 18.7. The molecule has 0 spiro atoms. The Bertz CT molecular complexity index is 1180. The first-order valence-corrected chi connectivity index (χ1v) is 11.8. The summed E-state index contributed by atoms with van der Waals surface area (Å²) in [6.07, 6.45) is 4.51. The Morgan fingerprint density at radius 3 is 2.61 bits per heavy atom. The molecule has 2 aromatic heterocycles. The van der Waals surface area contributed by atoms with Crippen molar-refractivity contribution < 1.29 is 21.9 Å². The molecular weight excluding hydrogens is 454 g/mol. The monoisotopic (exact) mass is 478 g/mol. The van der Waals surface area contributed by atoms with Gasteiger partial charge in [0.25, 0.3) is 10.0 Å². The molecule has 3 heterocycles. The number of aromatic nitrogens is 3. The molecule has 3 N–H and O–H groups in total. The number of sulfonamides is 1. The molecule has 1 unspecified atom stereocenters. The van der Waals surface area contributed by atoms with Crippen molar-refractivity contribution in [1.82, 2.24) is 19.3 Å². The molecule has 0 aromatic carbocycles. The second-order valence-corrected chi connectivity index (χ2v) is 9.65. The number of piperidine rings is 1. The van der Waals surface area contributed by atoms with E-state index in [1.54, 1.807) is 12.1 Å². The summed E-state index contributed by atoms with van der Waals surface area (Å²) < 4.78 is 60.2. The van der Waals surface area contributed by atoms with E-state index in [0.29, 0.717) is 25.9 Å². The molecule has 0 radical (unpaired) electrons. The molecular formula is C21H24F2N6O3S. The van der Waals surface area contributed by atoms with Gasteiger partial charge in [-0.25, -0.2) is 27.2 Å². The van der Waals surface area contributed by atoms with Gasteiger partial charge in [-0.1, -0.05) is 6.07 Å². The van der Waals surface area contributed by atoms with Crippen LogP contribution in [0.5, 0.6) is 0 Å². The largest absolute Gasteiger partial charge is 0.383 e. The van der Waals surface area contributed by atoms with E-state index < -0.39 is 27.8 Å². The maximum absolute atomic E-state index is 14.3. The molecule has 2 aromatic rings. The minimum absolute atomic E-state index is 0.00591. The number of halogens is 2. The van der Waals surface area contributed by atoms with Crippen LogP contribution in [0, 0.1) is 0 Å². The van der Waals surface area contributed by atoms with Gasteiger partial charge in [0.05, 0.1) is 6.10 Å². The SMILES string of the molecule is COC1C=C(c2cnc(NC3CCN(S(=O)(=O)c4ccccn4)CC3)nc2N)C(F)=C(F)C1. The highest BCUT2D eigenvalue weighted by molar-refractivity contribution is 7.89. The lowest BCUT2D eigenvalue weighted by atomic mass is 9.97. The summed E-state index contributed by atoms with van der Waals surface area (Å²) in [5.74, 6) is -1.69.